The minimum absolute atomic E-state index is 0. The van der Waals surface area contributed by atoms with Gasteiger partial charge in [-0.25, -0.2) is 13.4 Å². The van der Waals surface area contributed by atoms with Crippen LogP contribution in [0, 0.1) is 11.3 Å². The Hall–Kier alpha value is -2.61. The Morgan fingerprint density at radius 2 is 1.95 bits per heavy atom. The predicted molar refractivity (Wildman–Crippen MR) is 154 cm³/mol. The van der Waals surface area contributed by atoms with E-state index in [2.05, 4.69) is 20.9 Å². The number of sulfone groups is 1. The number of benzene rings is 2. The molecular weight excluding hydrogens is 569 g/mol. The maximum Gasteiger partial charge on any atom is 0.241 e. The maximum absolute atomic E-state index is 13.4. The Morgan fingerprint density at radius 3 is 2.55 bits per heavy atom. The molecule has 2 aromatic carbocycles. The number of aromatic nitrogens is 2. The summed E-state index contributed by atoms with van der Waals surface area (Å²) in [5, 5.41) is 9.67. The first-order valence-electron chi connectivity index (χ1n) is 11.8. The van der Waals surface area contributed by atoms with Crippen molar-refractivity contribution in [3.63, 3.8) is 0 Å². The van der Waals surface area contributed by atoms with Crippen molar-refractivity contribution in [1.29, 1.82) is 5.26 Å². The first kappa shape index (κ1) is 31.6. The van der Waals surface area contributed by atoms with Gasteiger partial charge in [-0.2, -0.15) is 5.26 Å². The number of rotatable bonds is 9. The number of anilines is 1. The third-order valence-electron chi connectivity index (χ3n) is 6.59. The summed E-state index contributed by atoms with van der Waals surface area (Å²) in [7, 11) is -3.19. The molecule has 1 amide bonds. The van der Waals surface area contributed by atoms with E-state index in [1.54, 1.807) is 54.7 Å². The molecule has 1 fully saturated rings. The van der Waals surface area contributed by atoms with Crippen molar-refractivity contribution >= 4 is 57.8 Å². The van der Waals surface area contributed by atoms with E-state index < -0.39 is 9.84 Å². The van der Waals surface area contributed by atoms with Crippen molar-refractivity contribution in [3.8, 4) is 6.07 Å². The highest BCUT2D eigenvalue weighted by Gasteiger charge is 2.38. The van der Waals surface area contributed by atoms with Gasteiger partial charge in [0.15, 0.2) is 0 Å². The zero-order valence-corrected chi connectivity index (χ0v) is 24.0. The first-order valence-corrected chi connectivity index (χ1v) is 14.0. The van der Waals surface area contributed by atoms with Gasteiger partial charge in [-0.3, -0.25) is 9.69 Å². The van der Waals surface area contributed by atoms with E-state index in [4.69, 9.17) is 16.9 Å². The van der Waals surface area contributed by atoms with E-state index >= 15 is 0 Å². The van der Waals surface area contributed by atoms with E-state index in [9.17, 15) is 13.2 Å². The Kier molecular flexibility index (Phi) is 11.6. The molecule has 1 N–H and O–H groups in total. The molecule has 0 aliphatic carbocycles. The third kappa shape index (κ3) is 7.71. The van der Waals surface area contributed by atoms with E-state index in [1.807, 2.05) is 18.2 Å². The fourth-order valence-electron chi connectivity index (χ4n) is 4.56. The van der Waals surface area contributed by atoms with E-state index in [0.29, 0.717) is 35.7 Å². The number of piperazine rings is 1. The molecule has 0 radical (unpaired) electrons. The van der Waals surface area contributed by atoms with Crippen LogP contribution < -0.4 is 4.90 Å². The summed E-state index contributed by atoms with van der Waals surface area (Å²) in [6, 6.07) is 16.2. The van der Waals surface area contributed by atoms with Crippen LogP contribution in [-0.4, -0.2) is 59.8 Å². The molecule has 0 spiro atoms. The number of nitrogens with one attached hydrogen (secondary N) is 1. The second-order valence-electron chi connectivity index (χ2n) is 8.87. The monoisotopic (exact) mass is 597 g/mol. The molecule has 1 unspecified atom stereocenters. The van der Waals surface area contributed by atoms with Crippen LogP contribution in [-0.2, 0) is 21.1 Å². The quantitative estimate of drug-likeness (QED) is 0.385. The Bertz CT molecular complexity index is 1350. The lowest BCUT2D eigenvalue weighted by Crippen LogP contribution is -2.58. The van der Waals surface area contributed by atoms with Crippen LogP contribution in [0.25, 0.3) is 0 Å². The number of carbonyl (C=O) groups excluding carboxylic acids is 1. The van der Waals surface area contributed by atoms with Crippen molar-refractivity contribution < 1.29 is 13.2 Å². The summed E-state index contributed by atoms with van der Waals surface area (Å²) in [5.74, 6) is 0.0249. The highest BCUT2D eigenvalue weighted by molar-refractivity contribution is 7.91. The van der Waals surface area contributed by atoms with Crippen LogP contribution >= 0.6 is 36.4 Å². The molecule has 3 aromatic rings. The minimum Gasteiger partial charge on any atom is -0.347 e. The maximum atomic E-state index is 13.4. The molecule has 204 valence electrons. The fourth-order valence-corrected chi connectivity index (χ4v) is 5.66. The van der Waals surface area contributed by atoms with Gasteiger partial charge in [-0.15, -0.1) is 24.8 Å². The largest absolute Gasteiger partial charge is 0.347 e. The SMILES string of the molecule is CCS(=O)(=O)CCC1CN(c2cccc(Cl)c2)C(=O)CN1[C@@H](Cc1ccc(C#N)cc1)c1cnc[nH]1.Cl.Cl. The number of carbonyl (C=O) groups is 1. The summed E-state index contributed by atoms with van der Waals surface area (Å²) in [6.07, 6.45) is 4.29. The number of halogens is 3. The van der Waals surface area contributed by atoms with Gasteiger partial charge in [-0.05, 0) is 48.7 Å². The van der Waals surface area contributed by atoms with Crippen LogP contribution in [0.4, 0.5) is 5.69 Å². The smallest absolute Gasteiger partial charge is 0.241 e. The molecule has 0 bridgehead atoms. The summed E-state index contributed by atoms with van der Waals surface area (Å²) < 4.78 is 24.8. The van der Waals surface area contributed by atoms with Crippen LogP contribution in [0.3, 0.4) is 0 Å². The predicted octanol–water partition coefficient (Wildman–Crippen LogP) is 4.60. The van der Waals surface area contributed by atoms with Crippen molar-refractivity contribution in [1.82, 2.24) is 14.9 Å². The molecule has 1 saturated heterocycles. The highest BCUT2D eigenvalue weighted by atomic mass is 35.5. The zero-order valence-electron chi connectivity index (χ0n) is 20.8. The van der Waals surface area contributed by atoms with Gasteiger partial charge in [0.1, 0.15) is 9.84 Å². The van der Waals surface area contributed by atoms with Crippen molar-refractivity contribution in [2.45, 2.75) is 31.8 Å². The number of nitriles is 1. The molecule has 1 aliphatic heterocycles. The lowest BCUT2D eigenvalue weighted by molar-refractivity contribution is -0.123. The average molecular weight is 599 g/mol. The van der Waals surface area contributed by atoms with E-state index in [-0.39, 0.29) is 60.9 Å². The molecule has 1 aromatic heterocycles. The first-order chi connectivity index (χ1) is 17.3. The molecule has 12 heteroatoms. The molecule has 8 nitrogen and oxygen atoms in total. The lowest BCUT2D eigenvalue weighted by atomic mass is 9.97. The molecule has 2 heterocycles. The second-order valence-corrected chi connectivity index (χ2v) is 11.8. The fraction of sp³-hybridized carbons (Fsp3) is 0.346. The van der Waals surface area contributed by atoms with Crippen LogP contribution in [0.2, 0.25) is 5.02 Å². The van der Waals surface area contributed by atoms with Gasteiger partial charge in [0.05, 0.1) is 42.0 Å². The standard InChI is InChI=1S/C26H28ClN5O3S.2ClH/c1-2-36(34,35)11-10-23-16-32(22-5-3-4-21(27)13-22)26(33)17-31(23)25(24-15-29-18-30-24)12-19-6-8-20(14-28)9-7-19;;/h3-9,13,15,18,23,25H,2,10-12,16-17H2,1H3,(H,29,30);2*1H/t23?,25-;;/m0../s1. The summed E-state index contributed by atoms with van der Waals surface area (Å²) in [4.78, 5) is 24.5. The van der Waals surface area contributed by atoms with Gasteiger partial charge in [-0.1, -0.05) is 36.7 Å². The number of nitrogens with zero attached hydrogens (tertiary/aromatic N) is 4. The van der Waals surface area contributed by atoms with Crippen LogP contribution in [0.15, 0.2) is 61.1 Å². The molecule has 2 atom stereocenters. The van der Waals surface area contributed by atoms with Crippen LogP contribution in [0.5, 0.6) is 0 Å². The van der Waals surface area contributed by atoms with Gasteiger partial charge in [0, 0.05) is 35.2 Å². The van der Waals surface area contributed by atoms with Gasteiger partial charge in [0.2, 0.25) is 5.91 Å². The number of H-pyrrole nitrogens is 1. The van der Waals surface area contributed by atoms with E-state index in [0.717, 1.165) is 11.3 Å². The van der Waals surface area contributed by atoms with Gasteiger partial charge < -0.3 is 9.88 Å². The number of aromatic amines is 1. The Morgan fingerprint density at radius 1 is 1.21 bits per heavy atom. The molecule has 0 saturated carbocycles. The van der Waals surface area contributed by atoms with E-state index in [1.165, 1.54) is 0 Å². The summed E-state index contributed by atoms with van der Waals surface area (Å²) >= 11 is 6.19. The second kappa shape index (κ2) is 14.0. The molecule has 38 heavy (non-hydrogen) atoms. The normalized spacial score (nSPS) is 16.7. The average Bonchev–Trinajstić information content (AvgIpc) is 3.41. The third-order valence-corrected chi connectivity index (χ3v) is 8.57. The number of hydrogen-bond donors (Lipinski definition) is 1. The summed E-state index contributed by atoms with van der Waals surface area (Å²) in [5.41, 5.74) is 3.11. The minimum atomic E-state index is -3.19. The van der Waals surface area contributed by atoms with Crippen LogP contribution in [0.1, 0.15) is 36.2 Å². The number of imidazole rings is 1. The van der Waals surface area contributed by atoms with Crippen molar-refractivity contribution in [2.24, 2.45) is 0 Å². The Labute approximate surface area is 240 Å². The highest BCUT2D eigenvalue weighted by Crippen LogP contribution is 2.32. The number of amides is 1. The molecular formula is C26H30Cl3N5O3S. The summed E-state index contributed by atoms with van der Waals surface area (Å²) in [6.45, 7) is 2.10. The van der Waals surface area contributed by atoms with Crippen molar-refractivity contribution in [2.75, 3.05) is 29.5 Å². The molecule has 1 aliphatic rings. The Balaban J connectivity index is 0.00000253. The number of hydrogen-bond acceptors (Lipinski definition) is 6. The van der Waals surface area contributed by atoms with Gasteiger partial charge in [0.25, 0.3) is 0 Å². The van der Waals surface area contributed by atoms with Crippen molar-refractivity contribution in [3.05, 3.63) is 82.9 Å². The topological polar surface area (TPSA) is 110 Å². The molecule has 4 rings (SSSR count). The lowest BCUT2D eigenvalue weighted by Gasteiger charge is -2.44. The zero-order chi connectivity index (χ0) is 25.7. The van der Waals surface area contributed by atoms with Gasteiger partial charge >= 0.3 is 0 Å².